The minimum Gasteiger partial charge on any atom is -0.308 e. The highest BCUT2D eigenvalue weighted by atomic mass is 19.1. The first kappa shape index (κ1) is 15.7. The summed E-state index contributed by atoms with van der Waals surface area (Å²) in [6.07, 6.45) is 4.84. The molecule has 0 saturated carbocycles. The van der Waals surface area contributed by atoms with Gasteiger partial charge in [-0.25, -0.2) is 4.39 Å². The summed E-state index contributed by atoms with van der Waals surface area (Å²) in [4.78, 5) is 14.3. The number of aryl methyl sites for hydroxylation is 1. The molecule has 0 radical (unpaired) electrons. The Bertz CT molecular complexity index is 699. The van der Waals surface area contributed by atoms with Crippen LogP contribution in [0.1, 0.15) is 18.9 Å². The third-order valence-electron chi connectivity index (χ3n) is 4.18. The molecule has 1 aromatic carbocycles. The van der Waals surface area contributed by atoms with Gasteiger partial charge in [0.15, 0.2) is 0 Å². The van der Waals surface area contributed by atoms with Gasteiger partial charge in [-0.05, 0) is 31.4 Å². The molecule has 2 heterocycles. The van der Waals surface area contributed by atoms with E-state index in [1.807, 2.05) is 26.2 Å². The zero-order valence-corrected chi connectivity index (χ0v) is 13.4. The van der Waals surface area contributed by atoms with Crippen molar-refractivity contribution in [3.63, 3.8) is 0 Å². The maximum atomic E-state index is 13.7. The molecule has 1 aromatic heterocycles. The zero-order chi connectivity index (χ0) is 16.4. The van der Waals surface area contributed by atoms with Crippen LogP contribution in [-0.2, 0) is 18.3 Å². The molecule has 1 aliphatic rings. The summed E-state index contributed by atoms with van der Waals surface area (Å²) in [7, 11) is 1.83. The van der Waals surface area contributed by atoms with Crippen LogP contribution in [0.2, 0.25) is 0 Å². The van der Waals surface area contributed by atoms with Gasteiger partial charge in [0.25, 0.3) is 0 Å². The number of hydrogen-bond acceptors (Lipinski definition) is 3. The second-order valence-corrected chi connectivity index (χ2v) is 6.07. The second-order valence-electron chi connectivity index (χ2n) is 6.07. The van der Waals surface area contributed by atoms with Crippen molar-refractivity contribution in [2.75, 3.05) is 11.4 Å². The van der Waals surface area contributed by atoms with Crippen LogP contribution in [0.5, 0.6) is 0 Å². The lowest BCUT2D eigenvalue weighted by molar-refractivity contribution is -0.119. The van der Waals surface area contributed by atoms with E-state index in [0.717, 1.165) is 12.1 Å². The Balaban J connectivity index is 1.60. The summed E-state index contributed by atoms with van der Waals surface area (Å²) in [5.41, 5.74) is 1.49. The Morgan fingerprint density at radius 1 is 1.43 bits per heavy atom. The Morgan fingerprint density at radius 2 is 2.22 bits per heavy atom. The van der Waals surface area contributed by atoms with Crippen molar-refractivity contribution in [1.29, 1.82) is 0 Å². The normalized spacial score (nSPS) is 19.3. The lowest BCUT2D eigenvalue weighted by Gasteiger charge is -2.19. The third-order valence-corrected chi connectivity index (χ3v) is 4.18. The maximum absolute atomic E-state index is 13.7. The van der Waals surface area contributed by atoms with Gasteiger partial charge in [-0.2, -0.15) is 5.10 Å². The molecule has 1 amide bonds. The van der Waals surface area contributed by atoms with Crippen LogP contribution in [-0.4, -0.2) is 34.3 Å². The number of benzene rings is 1. The van der Waals surface area contributed by atoms with E-state index in [-0.39, 0.29) is 23.8 Å². The van der Waals surface area contributed by atoms with E-state index in [0.29, 0.717) is 18.5 Å². The molecule has 1 N–H and O–H groups in total. The lowest BCUT2D eigenvalue weighted by Crippen LogP contribution is -2.43. The van der Waals surface area contributed by atoms with E-state index < -0.39 is 0 Å². The molecule has 0 aliphatic carbocycles. The standard InChI is InChI=1S/C17H21FN4O/c1-12(9-13-5-3-4-6-15(13)18)20-16-7-8-22(17(16)23)14-10-19-21(2)11-14/h3-6,10-12,16,20H,7-9H2,1-2H3/t12-,16-/m0/s1. The number of halogens is 1. The summed E-state index contributed by atoms with van der Waals surface area (Å²) >= 11 is 0. The molecule has 0 bridgehead atoms. The van der Waals surface area contributed by atoms with Gasteiger partial charge in [-0.3, -0.25) is 9.48 Å². The van der Waals surface area contributed by atoms with Gasteiger partial charge in [-0.15, -0.1) is 0 Å². The molecule has 0 spiro atoms. The number of nitrogens with zero attached hydrogens (tertiary/aromatic N) is 3. The van der Waals surface area contributed by atoms with Crippen LogP contribution in [0.25, 0.3) is 0 Å². The molecular formula is C17H21FN4O. The summed E-state index contributed by atoms with van der Waals surface area (Å²) in [6.45, 7) is 2.65. The van der Waals surface area contributed by atoms with E-state index in [9.17, 15) is 9.18 Å². The fourth-order valence-electron chi connectivity index (χ4n) is 3.03. The molecule has 1 saturated heterocycles. The number of carbonyl (C=O) groups is 1. The number of anilines is 1. The molecular weight excluding hydrogens is 295 g/mol. The monoisotopic (exact) mass is 316 g/mol. The Labute approximate surface area is 135 Å². The first-order valence-electron chi connectivity index (χ1n) is 7.84. The number of rotatable bonds is 5. The van der Waals surface area contributed by atoms with Crippen LogP contribution in [0, 0.1) is 5.82 Å². The fourth-order valence-corrected chi connectivity index (χ4v) is 3.03. The lowest BCUT2D eigenvalue weighted by atomic mass is 10.1. The predicted molar refractivity (Wildman–Crippen MR) is 86.7 cm³/mol. The molecule has 6 heteroatoms. The molecule has 3 rings (SSSR count). The van der Waals surface area contributed by atoms with Crippen LogP contribution in [0.3, 0.4) is 0 Å². The fraction of sp³-hybridized carbons (Fsp3) is 0.412. The van der Waals surface area contributed by atoms with Crippen molar-refractivity contribution < 1.29 is 9.18 Å². The molecule has 5 nitrogen and oxygen atoms in total. The summed E-state index contributed by atoms with van der Waals surface area (Å²) in [5, 5.41) is 7.43. The maximum Gasteiger partial charge on any atom is 0.244 e. The highest BCUT2D eigenvalue weighted by molar-refractivity contribution is 5.99. The van der Waals surface area contributed by atoms with Gasteiger partial charge in [-0.1, -0.05) is 18.2 Å². The molecule has 2 atom stereocenters. The van der Waals surface area contributed by atoms with Gasteiger partial charge < -0.3 is 10.2 Å². The quantitative estimate of drug-likeness (QED) is 0.916. The minimum atomic E-state index is -0.225. The van der Waals surface area contributed by atoms with E-state index in [1.165, 1.54) is 6.07 Å². The Kier molecular flexibility index (Phi) is 4.43. The summed E-state index contributed by atoms with van der Waals surface area (Å²) < 4.78 is 15.4. The van der Waals surface area contributed by atoms with Crippen LogP contribution in [0.15, 0.2) is 36.7 Å². The minimum absolute atomic E-state index is 0.0229. The topological polar surface area (TPSA) is 50.2 Å². The van der Waals surface area contributed by atoms with Crippen LogP contribution >= 0.6 is 0 Å². The Hall–Kier alpha value is -2.21. The van der Waals surface area contributed by atoms with Crippen molar-refractivity contribution in [3.8, 4) is 0 Å². The Morgan fingerprint density at radius 3 is 2.91 bits per heavy atom. The summed E-state index contributed by atoms with van der Waals surface area (Å²) in [5.74, 6) is -0.144. The number of amides is 1. The average Bonchev–Trinajstić information content (AvgIpc) is 3.08. The van der Waals surface area contributed by atoms with Crippen LogP contribution < -0.4 is 10.2 Å². The van der Waals surface area contributed by atoms with E-state index in [2.05, 4.69) is 10.4 Å². The summed E-state index contributed by atoms with van der Waals surface area (Å²) in [6, 6.07) is 6.56. The largest absolute Gasteiger partial charge is 0.308 e. The predicted octanol–water partition coefficient (Wildman–Crippen LogP) is 1.89. The van der Waals surface area contributed by atoms with Gasteiger partial charge in [0, 0.05) is 25.8 Å². The van der Waals surface area contributed by atoms with E-state index in [1.54, 1.807) is 27.9 Å². The molecule has 2 aromatic rings. The zero-order valence-electron chi connectivity index (χ0n) is 13.4. The van der Waals surface area contributed by atoms with Gasteiger partial charge in [0.1, 0.15) is 5.82 Å². The SMILES string of the molecule is C[C@@H](Cc1ccccc1F)N[C@H]1CCN(c2cnn(C)c2)C1=O. The number of carbonyl (C=O) groups excluding carboxylic acids is 1. The first-order valence-corrected chi connectivity index (χ1v) is 7.84. The number of hydrogen-bond donors (Lipinski definition) is 1. The molecule has 1 fully saturated rings. The van der Waals surface area contributed by atoms with Gasteiger partial charge in [0.2, 0.25) is 5.91 Å². The van der Waals surface area contributed by atoms with Crippen LogP contribution in [0.4, 0.5) is 10.1 Å². The van der Waals surface area contributed by atoms with E-state index in [4.69, 9.17) is 0 Å². The first-order chi connectivity index (χ1) is 11.0. The van der Waals surface area contributed by atoms with Crippen molar-refractivity contribution in [2.45, 2.75) is 31.8 Å². The molecule has 122 valence electrons. The molecule has 23 heavy (non-hydrogen) atoms. The van der Waals surface area contributed by atoms with Crippen molar-refractivity contribution in [3.05, 3.63) is 48.0 Å². The molecule has 1 aliphatic heterocycles. The smallest absolute Gasteiger partial charge is 0.244 e. The number of nitrogens with one attached hydrogen (secondary N) is 1. The van der Waals surface area contributed by atoms with Gasteiger partial charge >= 0.3 is 0 Å². The van der Waals surface area contributed by atoms with Crippen molar-refractivity contribution >= 4 is 11.6 Å². The highest BCUT2D eigenvalue weighted by Gasteiger charge is 2.33. The average molecular weight is 316 g/mol. The van der Waals surface area contributed by atoms with Crippen molar-refractivity contribution in [1.82, 2.24) is 15.1 Å². The van der Waals surface area contributed by atoms with Gasteiger partial charge in [0.05, 0.1) is 17.9 Å². The van der Waals surface area contributed by atoms with E-state index >= 15 is 0 Å². The number of aromatic nitrogens is 2. The van der Waals surface area contributed by atoms with Crippen molar-refractivity contribution in [2.24, 2.45) is 7.05 Å². The highest BCUT2D eigenvalue weighted by Crippen LogP contribution is 2.21. The third kappa shape index (κ3) is 3.42. The molecule has 0 unspecified atom stereocenters. The second kappa shape index (κ2) is 6.50.